The normalized spacial score (nSPS) is 10.2. The summed E-state index contributed by atoms with van der Waals surface area (Å²) in [5, 5.41) is 3.97. The Bertz CT molecular complexity index is 644. The number of hydrogen-bond acceptors (Lipinski definition) is 2. The van der Waals surface area contributed by atoms with E-state index in [0.717, 1.165) is 5.56 Å². The van der Waals surface area contributed by atoms with Gasteiger partial charge in [0.25, 0.3) is 0 Å². The lowest BCUT2D eigenvalue weighted by molar-refractivity contribution is -0.116. The van der Waals surface area contributed by atoms with Crippen molar-refractivity contribution in [1.82, 2.24) is 0 Å². The molecular weight excluding hydrogens is 309 g/mol. The van der Waals surface area contributed by atoms with Gasteiger partial charge in [-0.25, -0.2) is 0 Å². The molecule has 2 aromatic rings. The third-order valence-electron chi connectivity index (χ3n) is 2.97. The Balaban J connectivity index is 1.85. The first-order chi connectivity index (χ1) is 10.1. The number of hydrogen-bond donors (Lipinski definition) is 1. The van der Waals surface area contributed by atoms with E-state index >= 15 is 0 Å². The first kappa shape index (κ1) is 15.7. The van der Waals surface area contributed by atoms with E-state index in [4.69, 9.17) is 27.9 Å². The molecule has 5 heteroatoms. The molecule has 0 atom stereocenters. The number of carbonyl (C=O) groups is 1. The molecule has 0 fully saturated rings. The van der Waals surface area contributed by atoms with Crippen LogP contribution >= 0.6 is 23.2 Å². The molecule has 0 heterocycles. The van der Waals surface area contributed by atoms with E-state index in [0.29, 0.717) is 21.5 Å². The van der Waals surface area contributed by atoms with Crippen molar-refractivity contribution in [3.8, 4) is 5.75 Å². The Morgan fingerprint density at radius 2 is 1.81 bits per heavy atom. The summed E-state index contributed by atoms with van der Waals surface area (Å²) in [7, 11) is 0. The summed E-state index contributed by atoms with van der Waals surface area (Å²) < 4.78 is 5.48. The SMILES string of the molecule is Cc1c(Cl)cccc1NC(=O)CCOc1ccccc1Cl. The minimum Gasteiger partial charge on any atom is -0.491 e. The zero-order valence-electron chi connectivity index (χ0n) is 11.5. The molecule has 21 heavy (non-hydrogen) atoms. The molecule has 0 unspecified atom stereocenters. The lowest BCUT2D eigenvalue weighted by atomic mass is 10.2. The quantitative estimate of drug-likeness (QED) is 0.865. The lowest BCUT2D eigenvalue weighted by Crippen LogP contribution is -2.16. The van der Waals surface area contributed by atoms with Gasteiger partial charge in [-0.15, -0.1) is 0 Å². The largest absolute Gasteiger partial charge is 0.491 e. The maximum Gasteiger partial charge on any atom is 0.227 e. The fourth-order valence-corrected chi connectivity index (χ4v) is 2.14. The van der Waals surface area contributed by atoms with Gasteiger partial charge < -0.3 is 10.1 Å². The topological polar surface area (TPSA) is 38.3 Å². The number of amides is 1. The highest BCUT2D eigenvalue weighted by Crippen LogP contribution is 2.24. The van der Waals surface area contributed by atoms with Crippen LogP contribution in [0.3, 0.4) is 0 Å². The maximum absolute atomic E-state index is 11.9. The van der Waals surface area contributed by atoms with Crippen molar-refractivity contribution in [2.75, 3.05) is 11.9 Å². The van der Waals surface area contributed by atoms with Crippen molar-refractivity contribution >= 4 is 34.8 Å². The van der Waals surface area contributed by atoms with Gasteiger partial charge in [-0.3, -0.25) is 4.79 Å². The van der Waals surface area contributed by atoms with Gasteiger partial charge in [0.15, 0.2) is 0 Å². The van der Waals surface area contributed by atoms with Crippen LogP contribution in [0, 0.1) is 6.92 Å². The molecule has 0 radical (unpaired) electrons. The Morgan fingerprint density at radius 3 is 2.57 bits per heavy atom. The van der Waals surface area contributed by atoms with Crippen LogP contribution in [0.4, 0.5) is 5.69 Å². The molecule has 2 rings (SSSR count). The second-order valence-corrected chi connectivity index (χ2v) is 5.30. The summed E-state index contributed by atoms with van der Waals surface area (Å²) in [5.41, 5.74) is 1.56. The number of halogens is 2. The van der Waals surface area contributed by atoms with Gasteiger partial charge in [0, 0.05) is 10.7 Å². The highest BCUT2D eigenvalue weighted by atomic mass is 35.5. The highest BCUT2D eigenvalue weighted by Gasteiger charge is 2.07. The molecule has 3 nitrogen and oxygen atoms in total. The fourth-order valence-electron chi connectivity index (χ4n) is 1.77. The second-order valence-electron chi connectivity index (χ2n) is 4.49. The molecule has 0 aromatic heterocycles. The predicted molar refractivity (Wildman–Crippen MR) is 86.4 cm³/mol. The highest BCUT2D eigenvalue weighted by molar-refractivity contribution is 6.32. The minimum absolute atomic E-state index is 0.132. The van der Waals surface area contributed by atoms with Crippen LogP contribution in [0.1, 0.15) is 12.0 Å². The number of benzene rings is 2. The van der Waals surface area contributed by atoms with Crippen LogP contribution in [0.15, 0.2) is 42.5 Å². The molecule has 110 valence electrons. The van der Waals surface area contributed by atoms with Crippen molar-refractivity contribution in [3.63, 3.8) is 0 Å². The average Bonchev–Trinajstić information content (AvgIpc) is 2.46. The Morgan fingerprint density at radius 1 is 1.10 bits per heavy atom. The van der Waals surface area contributed by atoms with Gasteiger partial charge in [0.05, 0.1) is 18.1 Å². The fraction of sp³-hybridized carbons (Fsp3) is 0.188. The summed E-state index contributed by atoms with van der Waals surface area (Å²) >= 11 is 12.0. The van der Waals surface area contributed by atoms with Crippen molar-refractivity contribution in [2.45, 2.75) is 13.3 Å². The van der Waals surface area contributed by atoms with Gasteiger partial charge >= 0.3 is 0 Å². The molecule has 0 aliphatic carbocycles. The zero-order chi connectivity index (χ0) is 15.2. The number of rotatable bonds is 5. The third kappa shape index (κ3) is 4.38. The number of para-hydroxylation sites is 1. The Hall–Kier alpha value is -1.71. The Labute approximate surface area is 133 Å². The number of ether oxygens (including phenoxy) is 1. The molecule has 1 N–H and O–H groups in total. The number of anilines is 1. The summed E-state index contributed by atoms with van der Waals surface area (Å²) in [6.45, 7) is 2.12. The van der Waals surface area contributed by atoms with Crippen LogP contribution in [-0.4, -0.2) is 12.5 Å². The molecule has 0 spiro atoms. The van der Waals surface area contributed by atoms with Crippen molar-refractivity contribution in [3.05, 3.63) is 58.1 Å². The summed E-state index contributed by atoms with van der Waals surface area (Å²) in [6, 6.07) is 12.6. The molecular formula is C16H15Cl2NO2. The van der Waals surface area contributed by atoms with Crippen LogP contribution < -0.4 is 10.1 Å². The zero-order valence-corrected chi connectivity index (χ0v) is 13.0. The minimum atomic E-state index is -0.132. The van der Waals surface area contributed by atoms with E-state index in [1.54, 1.807) is 24.3 Å². The number of nitrogens with one attached hydrogen (secondary N) is 1. The Kier molecular flexibility index (Phi) is 5.48. The van der Waals surface area contributed by atoms with Gasteiger partial charge in [-0.05, 0) is 36.8 Å². The standard InChI is InChI=1S/C16H15Cl2NO2/c1-11-12(17)6-4-7-14(11)19-16(20)9-10-21-15-8-3-2-5-13(15)18/h2-8H,9-10H2,1H3,(H,19,20). The monoisotopic (exact) mass is 323 g/mol. The first-order valence-corrected chi connectivity index (χ1v) is 7.26. The third-order valence-corrected chi connectivity index (χ3v) is 3.69. The average molecular weight is 324 g/mol. The molecule has 0 bridgehead atoms. The summed E-state index contributed by atoms with van der Waals surface area (Å²) in [4.78, 5) is 11.9. The predicted octanol–water partition coefficient (Wildman–Crippen LogP) is 4.71. The smallest absolute Gasteiger partial charge is 0.227 e. The van der Waals surface area contributed by atoms with Crippen LogP contribution in [0.5, 0.6) is 5.75 Å². The van der Waals surface area contributed by atoms with E-state index in [2.05, 4.69) is 5.32 Å². The molecule has 0 saturated carbocycles. The molecule has 1 amide bonds. The van der Waals surface area contributed by atoms with Crippen molar-refractivity contribution in [2.24, 2.45) is 0 Å². The van der Waals surface area contributed by atoms with Gasteiger partial charge in [0.2, 0.25) is 5.91 Å². The van der Waals surface area contributed by atoms with Crippen LogP contribution in [-0.2, 0) is 4.79 Å². The molecule has 0 aliphatic rings. The first-order valence-electron chi connectivity index (χ1n) is 6.50. The van der Waals surface area contributed by atoms with E-state index < -0.39 is 0 Å². The molecule has 2 aromatic carbocycles. The van der Waals surface area contributed by atoms with Crippen LogP contribution in [0.2, 0.25) is 10.0 Å². The van der Waals surface area contributed by atoms with Gasteiger partial charge in [0.1, 0.15) is 5.75 Å². The molecule has 0 saturated heterocycles. The summed E-state index contributed by atoms with van der Waals surface area (Å²) in [5.74, 6) is 0.443. The maximum atomic E-state index is 11.9. The van der Waals surface area contributed by atoms with Crippen molar-refractivity contribution in [1.29, 1.82) is 0 Å². The van der Waals surface area contributed by atoms with E-state index in [-0.39, 0.29) is 18.9 Å². The lowest BCUT2D eigenvalue weighted by Gasteiger charge is -2.10. The second kappa shape index (κ2) is 7.34. The van der Waals surface area contributed by atoms with E-state index in [1.165, 1.54) is 0 Å². The van der Waals surface area contributed by atoms with Crippen LogP contribution in [0.25, 0.3) is 0 Å². The van der Waals surface area contributed by atoms with Gasteiger partial charge in [-0.2, -0.15) is 0 Å². The van der Waals surface area contributed by atoms with Crippen molar-refractivity contribution < 1.29 is 9.53 Å². The number of carbonyl (C=O) groups excluding carboxylic acids is 1. The van der Waals surface area contributed by atoms with Gasteiger partial charge in [-0.1, -0.05) is 41.4 Å². The molecule has 0 aliphatic heterocycles. The van der Waals surface area contributed by atoms with E-state index in [9.17, 15) is 4.79 Å². The van der Waals surface area contributed by atoms with E-state index in [1.807, 2.05) is 25.1 Å². The summed E-state index contributed by atoms with van der Waals surface area (Å²) in [6.07, 6.45) is 0.233.